The Morgan fingerprint density at radius 3 is 2.31 bits per heavy atom. The summed E-state index contributed by atoms with van der Waals surface area (Å²) in [5.41, 5.74) is 4.34. The second kappa shape index (κ2) is 9.65. The van der Waals surface area contributed by atoms with E-state index in [2.05, 4.69) is 22.3 Å². The number of benzene rings is 2. The van der Waals surface area contributed by atoms with Gasteiger partial charge in [-0.15, -0.1) is 0 Å². The highest BCUT2D eigenvalue weighted by Gasteiger charge is 2.16. The molecule has 2 aromatic rings. The molecule has 1 saturated heterocycles. The van der Waals surface area contributed by atoms with Gasteiger partial charge in [0.15, 0.2) is 18.0 Å². The highest BCUT2D eigenvalue weighted by Crippen LogP contribution is 2.30. The summed E-state index contributed by atoms with van der Waals surface area (Å²) in [4.78, 5) is 16.0. The van der Waals surface area contributed by atoms with Crippen LogP contribution in [0.25, 0.3) is 0 Å². The summed E-state index contributed by atoms with van der Waals surface area (Å²) in [6.07, 6.45) is 2.51. The number of carbonyl (C=O) groups excluding carboxylic acids is 1. The van der Waals surface area contributed by atoms with Crippen molar-refractivity contribution in [3.05, 3.63) is 47.5 Å². The number of anilines is 2. The zero-order valence-corrected chi connectivity index (χ0v) is 17.9. The lowest BCUT2D eigenvalue weighted by molar-refractivity contribution is -0.885. The Hall–Kier alpha value is -2.73. The van der Waals surface area contributed by atoms with Gasteiger partial charge in [0.05, 0.1) is 21.3 Å². The lowest BCUT2D eigenvalue weighted by Gasteiger charge is -2.18. The van der Waals surface area contributed by atoms with Crippen molar-refractivity contribution in [2.75, 3.05) is 51.1 Å². The van der Waals surface area contributed by atoms with E-state index in [4.69, 9.17) is 9.47 Å². The fraction of sp³-hybridized carbons (Fsp3) is 0.435. The fourth-order valence-corrected chi connectivity index (χ4v) is 3.81. The van der Waals surface area contributed by atoms with Gasteiger partial charge >= 0.3 is 0 Å². The Bertz CT molecular complexity index is 830. The maximum absolute atomic E-state index is 12.5. The third kappa shape index (κ3) is 5.41. The first-order chi connectivity index (χ1) is 14.0. The molecular formula is C23H32N3O3+. The van der Waals surface area contributed by atoms with Gasteiger partial charge in [0, 0.05) is 30.0 Å². The van der Waals surface area contributed by atoms with Crippen molar-refractivity contribution in [3.63, 3.8) is 0 Å². The molecule has 1 fully saturated rings. The zero-order valence-electron chi connectivity index (χ0n) is 17.9. The van der Waals surface area contributed by atoms with Crippen LogP contribution in [0.5, 0.6) is 11.5 Å². The predicted molar refractivity (Wildman–Crippen MR) is 116 cm³/mol. The van der Waals surface area contributed by atoms with Gasteiger partial charge in [0.1, 0.15) is 6.54 Å². The summed E-state index contributed by atoms with van der Waals surface area (Å²) in [7, 11) is 5.29. The summed E-state index contributed by atoms with van der Waals surface area (Å²) in [6.45, 7) is 5.41. The molecule has 0 aliphatic carbocycles. The monoisotopic (exact) mass is 398 g/mol. The van der Waals surface area contributed by atoms with E-state index in [-0.39, 0.29) is 5.91 Å². The molecule has 0 bridgehead atoms. The van der Waals surface area contributed by atoms with Crippen LogP contribution in [0.1, 0.15) is 24.0 Å². The third-order valence-corrected chi connectivity index (χ3v) is 5.42. The molecule has 1 aliphatic rings. The molecule has 156 valence electrons. The number of likely N-dealkylation sites (N-methyl/N-ethyl adjacent to an activating group) is 1. The van der Waals surface area contributed by atoms with Crippen LogP contribution >= 0.6 is 0 Å². The molecular weight excluding hydrogens is 366 g/mol. The highest BCUT2D eigenvalue weighted by atomic mass is 16.5. The van der Waals surface area contributed by atoms with Crippen molar-refractivity contribution in [1.82, 2.24) is 0 Å². The Balaban J connectivity index is 1.55. The van der Waals surface area contributed by atoms with Gasteiger partial charge in [0.2, 0.25) is 0 Å². The van der Waals surface area contributed by atoms with Gasteiger partial charge in [-0.3, -0.25) is 4.79 Å². The SMILES string of the molecule is COc1cc(C)c(C[NH+](C)CC(=O)Nc2ccc(N3CCCC3)cc2)cc1OC. The third-order valence-electron chi connectivity index (χ3n) is 5.42. The molecule has 0 saturated carbocycles. The lowest BCUT2D eigenvalue weighted by atomic mass is 10.1. The molecule has 3 rings (SSSR count). The molecule has 29 heavy (non-hydrogen) atoms. The summed E-state index contributed by atoms with van der Waals surface area (Å²) in [5, 5.41) is 3.01. The minimum absolute atomic E-state index is 0.00884. The maximum atomic E-state index is 12.5. The van der Waals surface area contributed by atoms with Gasteiger partial charge in [-0.2, -0.15) is 0 Å². The van der Waals surface area contributed by atoms with Crippen molar-refractivity contribution in [2.24, 2.45) is 0 Å². The molecule has 0 spiro atoms. The smallest absolute Gasteiger partial charge is 0.279 e. The first kappa shape index (κ1) is 21.0. The van der Waals surface area contributed by atoms with Crippen LogP contribution in [-0.4, -0.2) is 46.8 Å². The minimum Gasteiger partial charge on any atom is -0.493 e. The summed E-state index contributed by atoms with van der Waals surface area (Å²) in [6, 6.07) is 12.1. The number of nitrogens with zero attached hydrogens (tertiary/aromatic N) is 1. The number of ether oxygens (including phenoxy) is 2. The Morgan fingerprint density at radius 1 is 1.07 bits per heavy atom. The number of amides is 1. The van der Waals surface area contributed by atoms with Crippen LogP contribution in [0.2, 0.25) is 0 Å². The van der Waals surface area contributed by atoms with Crippen LogP contribution in [0.4, 0.5) is 11.4 Å². The highest BCUT2D eigenvalue weighted by molar-refractivity contribution is 5.91. The largest absolute Gasteiger partial charge is 0.493 e. The second-order valence-electron chi connectivity index (χ2n) is 7.73. The van der Waals surface area contributed by atoms with E-state index in [9.17, 15) is 4.79 Å². The Labute approximate surface area is 173 Å². The summed E-state index contributed by atoms with van der Waals surface area (Å²) in [5.74, 6) is 1.44. The van der Waals surface area contributed by atoms with E-state index in [0.717, 1.165) is 47.1 Å². The number of hydrogen-bond acceptors (Lipinski definition) is 4. The van der Waals surface area contributed by atoms with Gasteiger partial charge in [0.25, 0.3) is 5.91 Å². The van der Waals surface area contributed by atoms with E-state index >= 15 is 0 Å². The number of quaternary nitrogens is 1. The first-order valence-electron chi connectivity index (χ1n) is 10.2. The Kier molecular flexibility index (Phi) is 6.99. The average molecular weight is 399 g/mol. The van der Waals surface area contributed by atoms with Crippen LogP contribution in [0.15, 0.2) is 36.4 Å². The van der Waals surface area contributed by atoms with E-state index in [0.29, 0.717) is 12.3 Å². The number of hydrogen-bond donors (Lipinski definition) is 2. The average Bonchev–Trinajstić information content (AvgIpc) is 3.24. The van der Waals surface area contributed by atoms with Crippen molar-refractivity contribution >= 4 is 17.3 Å². The fourth-order valence-electron chi connectivity index (χ4n) is 3.81. The maximum Gasteiger partial charge on any atom is 0.279 e. The zero-order chi connectivity index (χ0) is 20.8. The van der Waals surface area contributed by atoms with Crippen LogP contribution in [0.3, 0.4) is 0 Å². The molecule has 2 N–H and O–H groups in total. The normalized spacial score (nSPS) is 14.6. The first-order valence-corrected chi connectivity index (χ1v) is 10.2. The molecule has 1 unspecified atom stereocenters. The molecule has 1 heterocycles. The van der Waals surface area contributed by atoms with Crippen LogP contribution < -0.4 is 24.6 Å². The van der Waals surface area contributed by atoms with Crippen LogP contribution in [0, 0.1) is 6.92 Å². The lowest BCUT2D eigenvalue weighted by Crippen LogP contribution is -3.08. The molecule has 1 atom stereocenters. The van der Waals surface area contributed by atoms with E-state index in [1.807, 2.05) is 38.2 Å². The molecule has 6 heteroatoms. The molecule has 0 aromatic heterocycles. The van der Waals surface area contributed by atoms with Gasteiger partial charge in [-0.1, -0.05) is 0 Å². The number of carbonyl (C=O) groups is 1. The van der Waals surface area contributed by atoms with Gasteiger partial charge < -0.3 is 24.6 Å². The molecule has 2 aromatic carbocycles. The number of aryl methyl sites for hydroxylation is 1. The second-order valence-corrected chi connectivity index (χ2v) is 7.73. The number of methoxy groups -OCH3 is 2. The molecule has 1 amide bonds. The van der Waals surface area contributed by atoms with Gasteiger partial charge in [-0.05, 0) is 61.7 Å². The molecule has 6 nitrogen and oxygen atoms in total. The van der Waals surface area contributed by atoms with Crippen LogP contribution in [-0.2, 0) is 11.3 Å². The standard InChI is InChI=1S/C23H31N3O3/c1-17-13-21(28-3)22(29-4)14-18(17)15-25(2)16-23(27)24-19-7-9-20(10-8-19)26-11-5-6-12-26/h7-10,13-14H,5-6,11-12,15-16H2,1-4H3,(H,24,27)/p+1. The molecule has 1 aliphatic heterocycles. The summed E-state index contributed by atoms with van der Waals surface area (Å²) >= 11 is 0. The van der Waals surface area contributed by atoms with Crippen molar-refractivity contribution < 1.29 is 19.2 Å². The van der Waals surface area contributed by atoms with Crippen molar-refractivity contribution in [3.8, 4) is 11.5 Å². The quantitative estimate of drug-likeness (QED) is 0.716. The predicted octanol–water partition coefficient (Wildman–Crippen LogP) is 2.27. The van der Waals surface area contributed by atoms with E-state index < -0.39 is 0 Å². The number of rotatable bonds is 8. The topological polar surface area (TPSA) is 55.2 Å². The van der Waals surface area contributed by atoms with Gasteiger partial charge in [-0.25, -0.2) is 0 Å². The Morgan fingerprint density at radius 2 is 1.69 bits per heavy atom. The molecule has 0 radical (unpaired) electrons. The number of nitrogens with one attached hydrogen (secondary N) is 2. The summed E-state index contributed by atoms with van der Waals surface area (Å²) < 4.78 is 10.8. The van der Waals surface area contributed by atoms with E-state index in [1.165, 1.54) is 18.5 Å². The van der Waals surface area contributed by atoms with Crippen molar-refractivity contribution in [1.29, 1.82) is 0 Å². The minimum atomic E-state index is 0.00884. The van der Waals surface area contributed by atoms with E-state index in [1.54, 1.807) is 14.2 Å². The van der Waals surface area contributed by atoms with Crippen molar-refractivity contribution in [2.45, 2.75) is 26.3 Å².